The number of benzene rings is 2. The molecule has 414 valence electrons. The fourth-order valence-corrected chi connectivity index (χ4v) is 13.8. The minimum absolute atomic E-state index is 0.0622. The Morgan fingerprint density at radius 1 is 0.605 bits per heavy atom. The predicted octanol–water partition coefficient (Wildman–Crippen LogP) is 9.92. The molecular formula is C62H67FN16O2. The Balaban J connectivity index is 0.000000147. The number of ether oxygens (including phenoxy) is 1. The molecule has 2 unspecified atom stereocenters. The van der Waals surface area contributed by atoms with Gasteiger partial charge in [-0.15, -0.1) is 5.10 Å². The van der Waals surface area contributed by atoms with Crippen molar-refractivity contribution < 1.29 is 15.3 Å². The van der Waals surface area contributed by atoms with Crippen molar-refractivity contribution in [1.29, 1.82) is 0 Å². The van der Waals surface area contributed by atoms with Crippen LogP contribution >= 0.6 is 0 Å². The number of nitrogen functional groups attached to an aromatic ring is 2. The number of amides is 1. The van der Waals surface area contributed by atoms with Crippen LogP contribution in [0, 0.1) is 0 Å². The smallest absolute Gasteiger partial charge is 0.291 e. The summed E-state index contributed by atoms with van der Waals surface area (Å²) in [6, 6.07) is 30.2. The normalized spacial score (nSPS) is 23.2. The standard InChI is InChI=1S/C34H36N10O2.C27H28N6.CH3F/c35-30-28(21-6-7-21)29(38-32-26(19-37-44(30)32)22-8-11-27(36-18-22)20-4-2-1-3-5-20)23-16-24-9-10-25(17-23)43(24)33(45)31-39-34(41-40-31)42-12-14-46-15-13-42;28-26-24(17-6-7-17)25(19-12-20-9-10-21(13-19)31-20)32-27-22(15-30-33(26)27)18-8-11-23(29-14-18)16-4-2-1-3-5-16;1-2/h1-5,8,11,18-19,21,23-25H,6-7,9-10,12-17,35H2,(H,39,40,41);1-5,8,11,14-15,17,19-21,31H,6-7,9-10,12-13,28H2;1H3/t23?,24-,25+;19?,20-,21+;/i;;1D. The second kappa shape index (κ2) is 21.4. The van der Waals surface area contributed by atoms with E-state index in [1.165, 1.54) is 36.9 Å². The molecule has 1 amide bonds. The molecule has 7 aliphatic rings. The van der Waals surface area contributed by atoms with Gasteiger partial charge in [-0.25, -0.2) is 9.97 Å². The Bertz CT molecular complexity index is 3720. The summed E-state index contributed by atoms with van der Waals surface area (Å²) in [4.78, 5) is 42.6. The lowest BCUT2D eigenvalue weighted by molar-refractivity contribution is 0.0557. The van der Waals surface area contributed by atoms with Gasteiger partial charge >= 0.3 is 0 Å². The van der Waals surface area contributed by atoms with Crippen molar-refractivity contribution >= 4 is 34.8 Å². The van der Waals surface area contributed by atoms with Gasteiger partial charge in [-0.1, -0.05) is 72.8 Å². The number of piperidine rings is 2. The average molecular weight is 1090 g/mol. The van der Waals surface area contributed by atoms with Crippen LogP contribution in [0.1, 0.15) is 135 Å². The first-order valence-corrected chi connectivity index (χ1v) is 28.8. The number of fused-ring (bicyclic) bond motifs is 6. The van der Waals surface area contributed by atoms with Crippen molar-refractivity contribution in [2.24, 2.45) is 0 Å². The van der Waals surface area contributed by atoms with Crippen LogP contribution < -0.4 is 21.7 Å². The molecule has 18 nitrogen and oxygen atoms in total. The Labute approximate surface area is 470 Å². The van der Waals surface area contributed by atoms with Gasteiger partial charge in [0.25, 0.3) is 5.91 Å². The third-order valence-corrected chi connectivity index (χ3v) is 17.9. The maximum atomic E-state index is 13.8. The molecule has 0 radical (unpaired) electrons. The third kappa shape index (κ3) is 9.62. The monoisotopic (exact) mass is 1090 g/mol. The van der Waals surface area contributed by atoms with E-state index in [1.54, 1.807) is 4.52 Å². The Kier molecular flexibility index (Phi) is 13.2. The van der Waals surface area contributed by atoms with Crippen LogP contribution in [0.4, 0.5) is 22.0 Å². The molecule has 7 aromatic heterocycles. The summed E-state index contributed by atoms with van der Waals surface area (Å²) < 4.78 is 24.6. The minimum atomic E-state index is -1.00. The number of carbonyl (C=O) groups is 1. The number of carbonyl (C=O) groups excluding carboxylic acids is 1. The number of anilines is 3. The third-order valence-electron chi connectivity index (χ3n) is 17.9. The summed E-state index contributed by atoms with van der Waals surface area (Å²) in [7, 11) is -1.00. The van der Waals surface area contributed by atoms with Gasteiger partial charge in [-0.05, 0) is 101 Å². The van der Waals surface area contributed by atoms with Crippen molar-refractivity contribution in [3.05, 3.63) is 138 Å². The van der Waals surface area contributed by atoms with Crippen LogP contribution in [0.15, 0.2) is 110 Å². The van der Waals surface area contributed by atoms with Gasteiger partial charge in [0, 0.05) is 106 Å². The molecule has 16 rings (SSSR count). The maximum Gasteiger partial charge on any atom is 0.291 e. The summed E-state index contributed by atoms with van der Waals surface area (Å²) in [5.74, 6) is 3.94. The number of aromatic nitrogens is 11. The zero-order valence-electron chi connectivity index (χ0n) is 46.2. The number of pyridine rings is 2. The highest BCUT2D eigenvalue weighted by molar-refractivity contribution is 5.91. The van der Waals surface area contributed by atoms with Gasteiger partial charge in [-0.3, -0.25) is 24.3 Å². The summed E-state index contributed by atoms with van der Waals surface area (Å²) in [5, 5.41) is 20.4. The van der Waals surface area contributed by atoms with E-state index >= 15 is 0 Å². The van der Waals surface area contributed by atoms with E-state index < -0.39 is 7.15 Å². The molecule has 2 saturated carbocycles. The maximum absolute atomic E-state index is 13.8. The van der Waals surface area contributed by atoms with E-state index in [1.807, 2.05) is 71.8 Å². The molecule has 12 heterocycles. The average Bonchev–Trinajstić information content (AvgIpc) is 3.22. The molecule has 19 heteroatoms. The van der Waals surface area contributed by atoms with Crippen molar-refractivity contribution in [3.63, 3.8) is 0 Å². The van der Waals surface area contributed by atoms with Crippen molar-refractivity contribution in [3.8, 4) is 44.8 Å². The first-order chi connectivity index (χ1) is 40.3. The molecule has 2 aromatic carbocycles. The summed E-state index contributed by atoms with van der Waals surface area (Å²) in [6.45, 7) is 2.72. The largest absolute Gasteiger partial charge is 0.383 e. The lowest BCUT2D eigenvalue weighted by Gasteiger charge is -2.39. The number of nitrogens with two attached hydrogens (primary N) is 2. The van der Waals surface area contributed by atoms with E-state index in [-0.39, 0.29) is 23.9 Å². The molecular weight excluding hydrogens is 1020 g/mol. The molecule has 4 bridgehead atoms. The molecule has 9 aromatic rings. The van der Waals surface area contributed by atoms with Crippen molar-refractivity contribution in [2.75, 3.05) is 49.8 Å². The first-order valence-electron chi connectivity index (χ1n) is 29.6. The quantitative estimate of drug-likeness (QED) is 0.100. The zero-order chi connectivity index (χ0) is 55.4. The van der Waals surface area contributed by atoms with Gasteiger partial charge < -0.3 is 31.3 Å². The van der Waals surface area contributed by atoms with E-state index in [0.717, 1.165) is 138 Å². The second-order valence-corrected chi connectivity index (χ2v) is 23.0. The van der Waals surface area contributed by atoms with Gasteiger partial charge in [-0.2, -0.15) is 24.2 Å². The number of rotatable bonds is 10. The molecule has 0 spiro atoms. The number of hydrogen-bond donors (Lipinski definition) is 4. The topological polar surface area (TPSA) is 225 Å². The highest BCUT2D eigenvalue weighted by Gasteiger charge is 2.47. The number of halogens is 1. The molecule has 6 N–H and O–H groups in total. The Morgan fingerprint density at radius 2 is 1.10 bits per heavy atom. The molecule has 81 heavy (non-hydrogen) atoms. The fourth-order valence-electron chi connectivity index (χ4n) is 13.8. The van der Waals surface area contributed by atoms with E-state index in [0.29, 0.717) is 60.6 Å². The van der Waals surface area contributed by atoms with Crippen LogP contribution in [-0.2, 0) is 4.74 Å². The number of alkyl halides is 1. The lowest BCUT2D eigenvalue weighted by atomic mass is 9.85. The SMILES string of the molecule is Nc1c(C2CC2)c(C2C[C@H]3CC[C@@H](C2)N3)nc2c(-c3ccc(-c4ccccc4)nc3)cnn12.Nc1c(C2CC2)c(C2C[C@H]3CC[C@@H](C2)N3C(=O)c2nc(N3CCOCC3)n[nH]2)nc2c(-c3ccc(-c4ccccc4)nc3)cnn12.[2H]CF. The highest BCUT2D eigenvalue weighted by atomic mass is 19.1. The number of aromatic amines is 1. The molecule has 2 aliphatic carbocycles. The van der Waals surface area contributed by atoms with E-state index in [2.05, 4.69) is 77.9 Å². The molecule has 5 aliphatic heterocycles. The van der Waals surface area contributed by atoms with Gasteiger partial charge in [0.1, 0.15) is 11.6 Å². The number of morpholine rings is 1. The molecule has 5 saturated heterocycles. The van der Waals surface area contributed by atoms with Crippen molar-refractivity contribution in [1.82, 2.24) is 64.6 Å². The first kappa shape index (κ1) is 49.8. The minimum Gasteiger partial charge on any atom is -0.383 e. The second-order valence-electron chi connectivity index (χ2n) is 23.0. The van der Waals surface area contributed by atoms with E-state index in [9.17, 15) is 9.18 Å². The number of H-pyrrole nitrogens is 1. The van der Waals surface area contributed by atoms with Crippen LogP contribution in [0.2, 0.25) is 0 Å². The number of hydrogen-bond acceptors (Lipinski definition) is 14. The van der Waals surface area contributed by atoms with Gasteiger partial charge in [0.2, 0.25) is 11.8 Å². The van der Waals surface area contributed by atoms with Crippen LogP contribution in [0.3, 0.4) is 0 Å². The number of nitrogens with one attached hydrogen (secondary N) is 2. The van der Waals surface area contributed by atoms with E-state index in [4.69, 9.17) is 42.6 Å². The molecule has 6 atom stereocenters. The summed E-state index contributed by atoms with van der Waals surface area (Å²) >= 11 is 0. The van der Waals surface area contributed by atoms with Gasteiger partial charge in [0.05, 0.1) is 56.9 Å². The highest BCUT2D eigenvalue weighted by Crippen LogP contribution is 2.52. The van der Waals surface area contributed by atoms with Crippen LogP contribution in [-0.4, -0.2) is 123 Å². The Hall–Kier alpha value is -8.16. The number of nitrogens with zero attached hydrogens (tertiary/aromatic N) is 12. The zero-order valence-corrected chi connectivity index (χ0v) is 45.2. The predicted molar refractivity (Wildman–Crippen MR) is 309 cm³/mol. The van der Waals surface area contributed by atoms with Gasteiger partial charge in [0.15, 0.2) is 11.3 Å². The van der Waals surface area contributed by atoms with Crippen LogP contribution in [0.5, 0.6) is 0 Å². The summed E-state index contributed by atoms with van der Waals surface area (Å²) in [5.41, 5.74) is 28.0. The fraction of sp³-hybridized carbons (Fsp3) is 0.403. The Morgan fingerprint density at radius 3 is 1.57 bits per heavy atom. The molecule has 7 fully saturated rings. The van der Waals surface area contributed by atoms with Crippen molar-refractivity contribution in [2.45, 2.75) is 125 Å². The lowest BCUT2D eigenvalue weighted by Crippen LogP contribution is -2.46. The van der Waals surface area contributed by atoms with Crippen LogP contribution in [0.25, 0.3) is 56.1 Å². The summed E-state index contributed by atoms with van der Waals surface area (Å²) in [6.07, 6.45) is 20.8.